The number of carbonyl (C=O) groups is 1. The van der Waals surface area contributed by atoms with E-state index in [0.717, 1.165) is 27.0 Å². The van der Waals surface area contributed by atoms with Crippen LogP contribution in [-0.2, 0) is 0 Å². The molecule has 2 rings (SSSR count). The second kappa shape index (κ2) is 6.09. The molecule has 0 saturated carbocycles. The molecule has 2 N–H and O–H groups in total. The lowest BCUT2D eigenvalue weighted by Crippen LogP contribution is -2.12. The predicted octanol–water partition coefficient (Wildman–Crippen LogP) is 4.36. The van der Waals surface area contributed by atoms with Gasteiger partial charge in [0.1, 0.15) is 0 Å². The lowest BCUT2D eigenvalue weighted by Gasteiger charge is -2.09. The van der Waals surface area contributed by atoms with Gasteiger partial charge in [-0.3, -0.25) is 4.79 Å². The number of nitrogens with one attached hydrogen (secondary N) is 2. The van der Waals surface area contributed by atoms with E-state index in [9.17, 15) is 4.79 Å². The van der Waals surface area contributed by atoms with Crippen LogP contribution < -0.4 is 10.6 Å². The van der Waals surface area contributed by atoms with Crippen molar-refractivity contribution < 1.29 is 4.79 Å². The van der Waals surface area contributed by atoms with E-state index in [1.54, 1.807) is 0 Å². The molecule has 0 fully saturated rings. The maximum Gasteiger partial charge on any atom is 0.255 e. The lowest BCUT2D eigenvalue weighted by molar-refractivity contribution is 0.102. The zero-order valence-corrected chi connectivity index (χ0v) is 13.3. The smallest absolute Gasteiger partial charge is 0.255 e. The molecule has 0 aliphatic carbocycles. The van der Waals surface area contributed by atoms with Crippen molar-refractivity contribution in [3.8, 4) is 0 Å². The summed E-state index contributed by atoms with van der Waals surface area (Å²) in [7, 11) is 1.87. The number of amides is 1. The Labute approximate surface area is 127 Å². The van der Waals surface area contributed by atoms with Crippen LogP contribution >= 0.6 is 15.9 Å². The molecular formula is C16H17BrN2O. The van der Waals surface area contributed by atoms with Crippen molar-refractivity contribution in [2.45, 2.75) is 13.8 Å². The number of hydrogen-bond donors (Lipinski definition) is 2. The van der Waals surface area contributed by atoms with Crippen molar-refractivity contribution in [3.05, 3.63) is 57.6 Å². The molecule has 0 aliphatic heterocycles. The molecule has 0 atom stereocenters. The first kappa shape index (κ1) is 14.6. The van der Waals surface area contributed by atoms with Crippen molar-refractivity contribution in [3.63, 3.8) is 0 Å². The maximum absolute atomic E-state index is 12.2. The second-order valence-electron chi connectivity index (χ2n) is 4.70. The Morgan fingerprint density at radius 3 is 2.40 bits per heavy atom. The summed E-state index contributed by atoms with van der Waals surface area (Å²) in [6, 6.07) is 11.4. The molecule has 0 saturated heterocycles. The molecule has 2 aromatic carbocycles. The Bertz CT molecular complexity index is 653. The monoisotopic (exact) mass is 332 g/mol. The van der Waals surface area contributed by atoms with Gasteiger partial charge >= 0.3 is 0 Å². The normalized spacial score (nSPS) is 10.2. The zero-order valence-electron chi connectivity index (χ0n) is 11.8. The Morgan fingerprint density at radius 1 is 1.05 bits per heavy atom. The standard InChI is InChI=1S/C16H17BrN2O/c1-10-4-6-13(9-14(10)17)19-16(20)12-5-7-15(18-3)11(2)8-12/h4-9,18H,1-3H3,(H,19,20). The molecule has 0 aromatic heterocycles. The highest BCUT2D eigenvalue weighted by Crippen LogP contribution is 2.22. The van der Waals surface area contributed by atoms with Gasteiger partial charge in [0.05, 0.1) is 0 Å². The summed E-state index contributed by atoms with van der Waals surface area (Å²) in [6.07, 6.45) is 0. The average molecular weight is 333 g/mol. The van der Waals surface area contributed by atoms with Crippen LogP contribution in [0.3, 0.4) is 0 Å². The first-order chi connectivity index (χ1) is 9.51. The van der Waals surface area contributed by atoms with E-state index >= 15 is 0 Å². The highest BCUT2D eigenvalue weighted by Gasteiger charge is 2.08. The van der Waals surface area contributed by atoms with Crippen LogP contribution in [0.25, 0.3) is 0 Å². The van der Waals surface area contributed by atoms with Gasteiger partial charge in [0.25, 0.3) is 5.91 Å². The zero-order chi connectivity index (χ0) is 14.7. The van der Waals surface area contributed by atoms with Crippen LogP contribution in [0.1, 0.15) is 21.5 Å². The van der Waals surface area contributed by atoms with Crippen LogP contribution in [0, 0.1) is 13.8 Å². The van der Waals surface area contributed by atoms with Crippen molar-refractivity contribution in [2.75, 3.05) is 17.7 Å². The van der Waals surface area contributed by atoms with Gasteiger partial charge in [-0.15, -0.1) is 0 Å². The number of carbonyl (C=O) groups excluding carboxylic acids is 1. The summed E-state index contributed by atoms with van der Waals surface area (Å²) in [5.74, 6) is -0.105. The minimum absolute atomic E-state index is 0.105. The molecule has 0 spiro atoms. The number of rotatable bonds is 3. The van der Waals surface area contributed by atoms with Gasteiger partial charge in [-0.2, -0.15) is 0 Å². The van der Waals surface area contributed by atoms with Gasteiger partial charge in [0.2, 0.25) is 0 Å². The number of benzene rings is 2. The third-order valence-corrected chi connectivity index (χ3v) is 4.04. The van der Waals surface area contributed by atoms with E-state index in [0.29, 0.717) is 5.56 Å². The first-order valence-corrected chi connectivity index (χ1v) is 7.16. The van der Waals surface area contributed by atoms with E-state index in [-0.39, 0.29) is 5.91 Å². The molecule has 0 heterocycles. The summed E-state index contributed by atoms with van der Waals surface area (Å²) in [4.78, 5) is 12.2. The molecule has 104 valence electrons. The van der Waals surface area contributed by atoms with Gasteiger partial charge in [-0.05, 0) is 55.3 Å². The van der Waals surface area contributed by atoms with E-state index in [2.05, 4.69) is 26.6 Å². The van der Waals surface area contributed by atoms with E-state index in [1.165, 1.54) is 0 Å². The molecular weight excluding hydrogens is 316 g/mol. The Morgan fingerprint density at radius 2 is 1.80 bits per heavy atom. The summed E-state index contributed by atoms with van der Waals surface area (Å²) >= 11 is 3.46. The summed E-state index contributed by atoms with van der Waals surface area (Å²) in [6.45, 7) is 3.99. The van der Waals surface area contributed by atoms with Crippen LogP contribution in [0.2, 0.25) is 0 Å². The predicted molar refractivity (Wildman–Crippen MR) is 87.6 cm³/mol. The average Bonchev–Trinajstić information content (AvgIpc) is 2.42. The van der Waals surface area contributed by atoms with Crippen molar-refractivity contribution in [1.29, 1.82) is 0 Å². The van der Waals surface area contributed by atoms with Gasteiger partial charge in [0, 0.05) is 28.5 Å². The third kappa shape index (κ3) is 3.20. The number of halogens is 1. The van der Waals surface area contributed by atoms with Crippen molar-refractivity contribution in [1.82, 2.24) is 0 Å². The van der Waals surface area contributed by atoms with Gasteiger partial charge in [-0.25, -0.2) is 0 Å². The van der Waals surface area contributed by atoms with Crippen LogP contribution in [0.15, 0.2) is 40.9 Å². The highest BCUT2D eigenvalue weighted by molar-refractivity contribution is 9.10. The summed E-state index contributed by atoms with van der Waals surface area (Å²) in [5.41, 5.74) is 4.64. The van der Waals surface area contributed by atoms with Crippen LogP contribution in [0.4, 0.5) is 11.4 Å². The van der Waals surface area contributed by atoms with E-state index < -0.39 is 0 Å². The number of hydrogen-bond acceptors (Lipinski definition) is 2. The van der Waals surface area contributed by atoms with Crippen molar-refractivity contribution in [2.24, 2.45) is 0 Å². The fourth-order valence-corrected chi connectivity index (χ4v) is 2.34. The second-order valence-corrected chi connectivity index (χ2v) is 5.55. The topological polar surface area (TPSA) is 41.1 Å². The quantitative estimate of drug-likeness (QED) is 0.876. The van der Waals surface area contributed by atoms with Crippen LogP contribution in [0.5, 0.6) is 0 Å². The van der Waals surface area contributed by atoms with E-state index in [4.69, 9.17) is 0 Å². The Hall–Kier alpha value is -1.81. The molecule has 0 aliphatic rings. The van der Waals surface area contributed by atoms with Gasteiger partial charge in [0.15, 0.2) is 0 Å². The number of anilines is 2. The fourth-order valence-electron chi connectivity index (χ4n) is 1.96. The van der Waals surface area contributed by atoms with Gasteiger partial charge in [-0.1, -0.05) is 22.0 Å². The maximum atomic E-state index is 12.2. The molecule has 0 radical (unpaired) electrons. The van der Waals surface area contributed by atoms with Crippen LogP contribution in [-0.4, -0.2) is 13.0 Å². The van der Waals surface area contributed by atoms with Gasteiger partial charge < -0.3 is 10.6 Å². The minimum atomic E-state index is -0.105. The molecule has 0 bridgehead atoms. The van der Waals surface area contributed by atoms with E-state index in [1.807, 2.05) is 57.3 Å². The summed E-state index contributed by atoms with van der Waals surface area (Å²) < 4.78 is 0.983. The number of aryl methyl sites for hydroxylation is 2. The molecule has 2 aromatic rings. The Balaban J connectivity index is 2.19. The minimum Gasteiger partial charge on any atom is -0.388 e. The summed E-state index contributed by atoms with van der Waals surface area (Å²) in [5, 5.41) is 5.99. The van der Waals surface area contributed by atoms with Crippen molar-refractivity contribution >= 4 is 33.2 Å². The fraction of sp³-hybridized carbons (Fsp3) is 0.188. The molecule has 3 nitrogen and oxygen atoms in total. The lowest BCUT2D eigenvalue weighted by atomic mass is 10.1. The largest absolute Gasteiger partial charge is 0.388 e. The highest BCUT2D eigenvalue weighted by atomic mass is 79.9. The molecule has 20 heavy (non-hydrogen) atoms. The third-order valence-electron chi connectivity index (χ3n) is 3.19. The Kier molecular flexibility index (Phi) is 4.45. The first-order valence-electron chi connectivity index (χ1n) is 6.37. The molecule has 0 unspecified atom stereocenters. The molecule has 4 heteroatoms. The molecule has 1 amide bonds. The SMILES string of the molecule is CNc1ccc(C(=O)Nc2ccc(C)c(Br)c2)cc1C.